The van der Waals surface area contributed by atoms with Crippen LogP contribution in [0.25, 0.3) is 0 Å². The van der Waals surface area contributed by atoms with E-state index in [1.807, 2.05) is 23.7 Å². The number of rotatable bonds is 7. The van der Waals surface area contributed by atoms with E-state index in [1.54, 1.807) is 12.1 Å². The van der Waals surface area contributed by atoms with Gasteiger partial charge in [-0.1, -0.05) is 23.9 Å². The van der Waals surface area contributed by atoms with E-state index in [0.717, 1.165) is 16.5 Å². The van der Waals surface area contributed by atoms with E-state index in [-0.39, 0.29) is 18.3 Å². The van der Waals surface area contributed by atoms with Crippen LogP contribution in [0.4, 0.5) is 0 Å². The molecule has 0 unspecified atom stereocenters. The van der Waals surface area contributed by atoms with Crippen LogP contribution in [0.15, 0.2) is 29.4 Å². The van der Waals surface area contributed by atoms with Crippen molar-refractivity contribution in [3.63, 3.8) is 0 Å². The second kappa shape index (κ2) is 7.77. The number of hydrogen-bond acceptors (Lipinski definition) is 6. The van der Waals surface area contributed by atoms with Gasteiger partial charge in [-0.2, -0.15) is 0 Å². The number of hydrogen-bond donors (Lipinski definition) is 1. The molecule has 0 saturated heterocycles. The zero-order chi connectivity index (χ0) is 16.8. The third-order valence-electron chi connectivity index (χ3n) is 3.26. The number of methoxy groups -OCH3 is 1. The summed E-state index contributed by atoms with van der Waals surface area (Å²) in [5.41, 5.74) is 6.72. The third kappa shape index (κ3) is 4.56. The van der Waals surface area contributed by atoms with Gasteiger partial charge in [0.2, 0.25) is 5.91 Å². The minimum absolute atomic E-state index is 0.256. The van der Waals surface area contributed by atoms with Gasteiger partial charge < -0.3 is 15.0 Å². The van der Waals surface area contributed by atoms with Crippen molar-refractivity contribution in [3.05, 3.63) is 41.2 Å². The number of carbonyl (C=O) groups excluding carboxylic acids is 2. The van der Waals surface area contributed by atoms with Crippen LogP contribution < -0.4 is 5.73 Å². The smallest absolute Gasteiger partial charge is 0.337 e. The summed E-state index contributed by atoms with van der Waals surface area (Å²) >= 11 is 1.53. The molecule has 0 aliphatic carbocycles. The number of nitrogens with zero attached hydrogens (tertiary/aromatic N) is 3. The van der Waals surface area contributed by atoms with E-state index in [2.05, 4.69) is 14.9 Å². The summed E-state index contributed by atoms with van der Waals surface area (Å²) < 4.78 is 6.52. The Bertz CT molecular complexity index is 697. The maximum Gasteiger partial charge on any atom is 0.337 e. The van der Waals surface area contributed by atoms with E-state index in [4.69, 9.17) is 5.73 Å². The Morgan fingerprint density at radius 1 is 1.26 bits per heavy atom. The number of aromatic nitrogens is 3. The first-order valence-corrected chi connectivity index (χ1v) is 7.96. The molecular weight excluding hydrogens is 316 g/mol. The summed E-state index contributed by atoms with van der Waals surface area (Å²) in [6.07, 6.45) is 0.735. The molecule has 1 amide bonds. The molecule has 0 aliphatic rings. The Labute approximate surface area is 138 Å². The van der Waals surface area contributed by atoms with Crippen LogP contribution in [-0.4, -0.2) is 33.8 Å². The van der Waals surface area contributed by atoms with Crippen molar-refractivity contribution in [3.8, 4) is 0 Å². The molecule has 1 heterocycles. The molecule has 0 radical (unpaired) electrons. The van der Waals surface area contributed by atoms with Crippen molar-refractivity contribution in [1.82, 2.24) is 14.8 Å². The van der Waals surface area contributed by atoms with E-state index in [0.29, 0.717) is 17.7 Å². The van der Waals surface area contributed by atoms with Crippen LogP contribution in [0.5, 0.6) is 0 Å². The summed E-state index contributed by atoms with van der Waals surface area (Å²) in [5, 5.41) is 8.95. The molecule has 0 saturated carbocycles. The van der Waals surface area contributed by atoms with Gasteiger partial charge in [0, 0.05) is 25.6 Å². The topological polar surface area (TPSA) is 100 Å². The van der Waals surface area contributed by atoms with E-state index >= 15 is 0 Å². The molecule has 7 nitrogen and oxygen atoms in total. The fraction of sp³-hybridized carbons (Fsp3) is 0.333. The fourth-order valence-corrected chi connectivity index (χ4v) is 2.81. The molecule has 0 fully saturated rings. The first-order valence-electron chi connectivity index (χ1n) is 6.98. The number of esters is 1. The Balaban J connectivity index is 1.95. The molecular formula is C15H18N4O3S. The van der Waals surface area contributed by atoms with Crippen molar-refractivity contribution in [2.45, 2.75) is 23.8 Å². The Hall–Kier alpha value is -2.35. The van der Waals surface area contributed by atoms with Gasteiger partial charge in [-0.3, -0.25) is 4.79 Å². The highest BCUT2D eigenvalue weighted by Crippen LogP contribution is 2.21. The Morgan fingerprint density at radius 2 is 1.96 bits per heavy atom. The lowest BCUT2D eigenvalue weighted by atomic mass is 10.1. The number of ether oxygens (including phenoxy) is 1. The molecule has 1 aromatic carbocycles. The SMILES string of the molecule is COC(=O)c1ccc(CSc2nnc(CCC(N)=O)n2C)cc1. The van der Waals surface area contributed by atoms with Gasteiger partial charge in [-0.15, -0.1) is 10.2 Å². The summed E-state index contributed by atoms with van der Waals surface area (Å²) in [6.45, 7) is 0. The maximum absolute atomic E-state index is 11.4. The average molecular weight is 334 g/mol. The van der Waals surface area contributed by atoms with Crippen LogP contribution in [0, 0.1) is 0 Å². The zero-order valence-electron chi connectivity index (χ0n) is 13.0. The quantitative estimate of drug-likeness (QED) is 0.605. The molecule has 0 aliphatic heterocycles. The van der Waals surface area contributed by atoms with Gasteiger partial charge in [0.05, 0.1) is 12.7 Å². The molecule has 2 N–H and O–H groups in total. The third-order valence-corrected chi connectivity index (χ3v) is 4.35. The Kier molecular flexibility index (Phi) is 5.75. The predicted octanol–water partition coefficient (Wildman–Crippen LogP) is 1.31. The second-order valence-electron chi connectivity index (χ2n) is 4.90. The van der Waals surface area contributed by atoms with Gasteiger partial charge in [-0.05, 0) is 17.7 Å². The van der Waals surface area contributed by atoms with Crippen molar-refractivity contribution in [2.75, 3.05) is 7.11 Å². The lowest BCUT2D eigenvalue weighted by molar-refractivity contribution is -0.118. The fourth-order valence-electron chi connectivity index (χ4n) is 1.93. The van der Waals surface area contributed by atoms with Crippen molar-refractivity contribution < 1.29 is 14.3 Å². The lowest BCUT2D eigenvalue weighted by Crippen LogP contribution is -2.12. The van der Waals surface area contributed by atoms with Gasteiger partial charge in [0.1, 0.15) is 5.82 Å². The minimum Gasteiger partial charge on any atom is -0.465 e. The summed E-state index contributed by atoms with van der Waals surface area (Å²) in [6, 6.07) is 7.22. The number of carbonyl (C=O) groups is 2. The number of primary amides is 1. The number of benzene rings is 1. The number of amides is 1. The standard InChI is InChI=1S/C15H18N4O3S/c1-19-13(8-7-12(16)20)17-18-15(19)23-9-10-3-5-11(6-4-10)14(21)22-2/h3-6H,7-9H2,1-2H3,(H2,16,20). The maximum atomic E-state index is 11.4. The van der Waals surface area contributed by atoms with Gasteiger partial charge >= 0.3 is 5.97 Å². The van der Waals surface area contributed by atoms with Crippen LogP contribution in [0.2, 0.25) is 0 Å². The largest absolute Gasteiger partial charge is 0.465 e. The molecule has 0 bridgehead atoms. The summed E-state index contributed by atoms with van der Waals surface area (Å²) in [7, 11) is 3.22. The summed E-state index contributed by atoms with van der Waals surface area (Å²) in [4.78, 5) is 22.2. The zero-order valence-corrected chi connectivity index (χ0v) is 13.8. The van der Waals surface area contributed by atoms with Crippen LogP contribution in [0.1, 0.15) is 28.2 Å². The molecule has 8 heteroatoms. The molecule has 2 aromatic rings. The second-order valence-corrected chi connectivity index (χ2v) is 5.84. The number of aryl methyl sites for hydroxylation is 1. The van der Waals surface area contributed by atoms with Gasteiger partial charge in [0.15, 0.2) is 5.16 Å². The monoisotopic (exact) mass is 334 g/mol. The molecule has 0 spiro atoms. The van der Waals surface area contributed by atoms with Crippen LogP contribution in [0.3, 0.4) is 0 Å². The summed E-state index contributed by atoms with van der Waals surface area (Å²) in [5.74, 6) is 0.723. The van der Waals surface area contributed by atoms with Crippen LogP contribution in [-0.2, 0) is 28.8 Å². The van der Waals surface area contributed by atoms with Crippen molar-refractivity contribution in [2.24, 2.45) is 12.8 Å². The van der Waals surface area contributed by atoms with E-state index in [9.17, 15) is 9.59 Å². The predicted molar refractivity (Wildman–Crippen MR) is 85.9 cm³/mol. The van der Waals surface area contributed by atoms with Gasteiger partial charge in [0.25, 0.3) is 0 Å². The van der Waals surface area contributed by atoms with E-state index in [1.165, 1.54) is 18.9 Å². The highest BCUT2D eigenvalue weighted by atomic mass is 32.2. The van der Waals surface area contributed by atoms with Crippen molar-refractivity contribution >= 4 is 23.6 Å². The number of nitrogens with two attached hydrogens (primary N) is 1. The molecule has 0 atom stereocenters. The van der Waals surface area contributed by atoms with Crippen molar-refractivity contribution in [1.29, 1.82) is 0 Å². The van der Waals surface area contributed by atoms with Gasteiger partial charge in [-0.25, -0.2) is 4.79 Å². The van der Waals surface area contributed by atoms with E-state index < -0.39 is 0 Å². The molecule has 23 heavy (non-hydrogen) atoms. The van der Waals surface area contributed by atoms with Crippen LogP contribution >= 0.6 is 11.8 Å². The first kappa shape index (κ1) is 17.0. The normalized spacial score (nSPS) is 10.5. The minimum atomic E-state index is -0.354. The molecule has 122 valence electrons. The first-order chi connectivity index (χ1) is 11.0. The Morgan fingerprint density at radius 3 is 2.57 bits per heavy atom. The lowest BCUT2D eigenvalue weighted by Gasteiger charge is -2.04. The molecule has 1 aromatic heterocycles. The average Bonchev–Trinajstić information content (AvgIpc) is 2.91. The highest BCUT2D eigenvalue weighted by molar-refractivity contribution is 7.98. The highest BCUT2D eigenvalue weighted by Gasteiger charge is 2.11. The molecule has 2 rings (SSSR count). The number of thioether (sulfide) groups is 1.